The minimum absolute atomic E-state index is 0.267. The van der Waals surface area contributed by atoms with Crippen molar-refractivity contribution < 1.29 is 14.3 Å². The molecule has 8 heteroatoms. The molecule has 1 aromatic heterocycles. The average molecular weight is 353 g/mol. The summed E-state index contributed by atoms with van der Waals surface area (Å²) in [6.07, 6.45) is 0. The van der Waals surface area contributed by atoms with Crippen LogP contribution in [0.4, 0.5) is 5.69 Å². The summed E-state index contributed by atoms with van der Waals surface area (Å²) in [5.41, 5.74) is -0.347. The van der Waals surface area contributed by atoms with Gasteiger partial charge in [0, 0.05) is 11.8 Å². The number of fused-ring (bicyclic) bond motifs is 2. The average Bonchev–Trinajstić information content (AvgIpc) is 2.66. The van der Waals surface area contributed by atoms with E-state index in [2.05, 4.69) is 10.4 Å². The molecule has 0 aliphatic carbocycles. The van der Waals surface area contributed by atoms with E-state index >= 15 is 0 Å². The molecule has 132 valence electrons. The lowest BCUT2D eigenvalue weighted by molar-refractivity contribution is -0.117. The summed E-state index contributed by atoms with van der Waals surface area (Å²) in [7, 11) is 0. The molecule has 0 atom stereocenters. The molecule has 1 aliphatic rings. The van der Waals surface area contributed by atoms with Gasteiger partial charge >= 0.3 is 0 Å². The van der Waals surface area contributed by atoms with Crippen LogP contribution in [0.3, 0.4) is 0 Å². The van der Waals surface area contributed by atoms with Gasteiger partial charge in [-0.2, -0.15) is 0 Å². The number of carbonyl (C=O) groups is 1. The minimum atomic E-state index is -0.449. The van der Waals surface area contributed by atoms with Crippen molar-refractivity contribution in [2.45, 2.75) is 6.54 Å². The van der Waals surface area contributed by atoms with Crippen LogP contribution < -0.4 is 25.9 Å². The zero-order chi connectivity index (χ0) is 18.1. The van der Waals surface area contributed by atoms with Gasteiger partial charge in [-0.25, -0.2) is 4.68 Å². The van der Waals surface area contributed by atoms with Crippen LogP contribution in [0.25, 0.3) is 10.8 Å². The molecule has 0 spiro atoms. The maximum Gasteiger partial charge on any atom is 0.273 e. The number of rotatable bonds is 3. The Bertz CT molecular complexity index is 1120. The summed E-state index contributed by atoms with van der Waals surface area (Å²) in [6, 6.07) is 11.5. The topological polar surface area (TPSA) is 102 Å². The zero-order valence-corrected chi connectivity index (χ0v) is 13.7. The fourth-order valence-electron chi connectivity index (χ4n) is 2.82. The molecule has 4 rings (SSSR count). The molecule has 26 heavy (non-hydrogen) atoms. The first-order valence-corrected chi connectivity index (χ1v) is 8.03. The molecule has 0 bridgehead atoms. The third kappa shape index (κ3) is 2.92. The molecule has 0 unspecified atom stereocenters. The van der Waals surface area contributed by atoms with E-state index < -0.39 is 17.0 Å². The first-order valence-electron chi connectivity index (χ1n) is 8.03. The SMILES string of the molecule is O=C(Cn1[nH]c(=O)c2ccccc2c1=O)Nc1ccc2c(c1)OCCO2. The number of nitrogens with zero attached hydrogens (tertiary/aromatic N) is 1. The Kier molecular flexibility index (Phi) is 3.92. The molecule has 0 fully saturated rings. The van der Waals surface area contributed by atoms with Gasteiger partial charge in [-0.05, 0) is 24.3 Å². The number of hydrogen-bond donors (Lipinski definition) is 2. The Morgan fingerprint density at radius 1 is 1.04 bits per heavy atom. The van der Waals surface area contributed by atoms with Gasteiger partial charge in [0.2, 0.25) is 5.91 Å². The molecule has 0 saturated carbocycles. The molecule has 0 radical (unpaired) electrons. The van der Waals surface area contributed by atoms with Crippen LogP contribution >= 0.6 is 0 Å². The molecule has 2 aromatic carbocycles. The van der Waals surface area contributed by atoms with Gasteiger partial charge in [0.25, 0.3) is 11.1 Å². The highest BCUT2D eigenvalue weighted by molar-refractivity contribution is 5.91. The van der Waals surface area contributed by atoms with Crippen LogP contribution in [0.1, 0.15) is 0 Å². The van der Waals surface area contributed by atoms with E-state index in [1.807, 2.05) is 0 Å². The standard InChI is InChI=1S/C18H15N3O5/c22-16(19-11-5-6-14-15(9-11)26-8-7-25-14)10-21-18(24)13-4-2-1-3-12(13)17(23)20-21/h1-6,9H,7-8,10H2,(H,19,22)(H,20,23). The maximum atomic E-state index is 12.4. The van der Waals surface area contributed by atoms with Crippen molar-refractivity contribution in [2.75, 3.05) is 18.5 Å². The van der Waals surface area contributed by atoms with E-state index in [9.17, 15) is 14.4 Å². The van der Waals surface area contributed by atoms with Crippen molar-refractivity contribution in [3.05, 3.63) is 63.2 Å². The summed E-state index contributed by atoms with van der Waals surface area (Å²) in [6.45, 7) is 0.614. The van der Waals surface area contributed by atoms with Crippen LogP contribution in [0.2, 0.25) is 0 Å². The van der Waals surface area contributed by atoms with Gasteiger partial charge in [-0.3, -0.25) is 19.5 Å². The van der Waals surface area contributed by atoms with Gasteiger partial charge in [-0.15, -0.1) is 0 Å². The molecule has 1 amide bonds. The normalized spacial score (nSPS) is 12.8. The Balaban J connectivity index is 1.57. The molecular formula is C18H15N3O5. The van der Waals surface area contributed by atoms with E-state index in [-0.39, 0.29) is 11.9 Å². The van der Waals surface area contributed by atoms with E-state index in [1.54, 1.807) is 42.5 Å². The van der Waals surface area contributed by atoms with Crippen LogP contribution in [-0.2, 0) is 11.3 Å². The second kappa shape index (κ2) is 6.40. The lowest BCUT2D eigenvalue weighted by atomic mass is 10.2. The number of aromatic amines is 1. The fourth-order valence-corrected chi connectivity index (χ4v) is 2.82. The van der Waals surface area contributed by atoms with E-state index in [4.69, 9.17) is 9.47 Å². The predicted molar refractivity (Wildman–Crippen MR) is 94.9 cm³/mol. The number of benzene rings is 2. The number of hydrogen-bond acceptors (Lipinski definition) is 5. The number of nitrogens with one attached hydrogen (secondary N) is 2. The number of aromatic nitrogens is 2. The third-order valence-corrected chi connectivity index (χ3v) is 4.01. The zero-order valence-electron chi connectivity index (χ0n) is 13.7. The second-order valence-corrected chi connectivity index (χ2v) is 5.78. The Labute approximate surface area is 147 Å². The highest BCUT2D eigenvalue weighted by atomic mass is 16.6. The largest absolute Gasteiger partial charge is 0.486 e. The Hall–Kier alpha value is -3.55. The van der Waals surface area contributed by atoms with Crippen LogP contribution in [-0.4, -0.2) is 28.9 Å². The smallest absolute Gasteiger partial charge is 0.273 e. The van der Waals surface area contributed by atoms with E-state index in [0.29, 0.717) is 35.8 Å². The van der Waals surface area contributed by atoms with Gasteiger partial charge in [-0.1, -0.05) is 12.1 Å². The number of anilines is 1. The van der Waals surface area contributed by atoms with Crippen LogP contribution in [0, 0.1) is 0 Å². The van der Waals surface area contributed by atoms with Crippen molar-refractivity contribution >= 4 is 22.4 Å². The molecule has 2 heterocycles. The first-order chi connectivity index (χ1) is 12.6. The minimum Gasteiger partial charge on any atom is -0.486 e. The molecule has 8 nitrogen and oxygen atoms in total. The fraction of sp³-hybridized carbons (Fsp3) is 0.167. The highest BCUT2D eigenvalue weighted by Gasteiger charge is 2.14. The monoisotopic (exact) mass is 353 g/mol. The third-order valence-electron chi connectivity index (χ3n) is 4.01. The van der Waals surface area contributed by atoms with Crippen molar-refractivity contribution in [2.24, 2.45) is 0 Å². The summed E-state index contributed by atoms with van der Waals surface area (Å²) in [5, 5.41) is 5.67. The number of H-pyrrole nitrogens is 1. The van der Waals surface area contributed by atoms with Gasteiger partial charge < -0.3 is 14.8 Å². The van der Waals surface area contributed by atoms with E-state index in [1.165, 1.54) is 0 Å². The lowest BCUT2D eigenvalue weighted by Gasteiger charge is -2.19. The van der Waals surface area contributed by atoms with Gasteiger partial charge in [0.1, 0.15) is 19.8 Å². The molecule has 1 aliphatic heterocycles. The van der Waals surface area contributed by atoms with Crippen LogP contribution in [0.5, 0.6) is 11.5 Å². The Morgan fingerprint density at radius 2 is 1.77 bits per heavy atom. The Morgan fingerprint density at radius 3 is 2.58 bits per heavy atom. The van der Waals surface area contributed by atoms with Crippen molar-refractivity contribution in [3.8, 4) is 11.5 Å². The van der Waals surface area contributed by atoms with Crippen molar-refractivity contribution in [1.82, 2.24) is 9.78 Å². The summed E-state index contributed by atoms with van der Waals surface area (Å²) in [5.74, 6) is 0.712. The summed E-state index contributed by atoms with van der Waals surface area (Å²) >= 11 is 0. The molecule has 2 N–H and O–H groups in total. The quantitative estimate of drug-likeness (QED) is 0.734. The number of carbonyl (C=O) groups excluding carboxylic acids is 1. The molecule has 0 saturated heterocycles. The first kappa shape index (κ1) is 15.9. The predicted octanol–water partition coefficient (Wildman–Crippen LogP) is 1.10. The van der Waals surface area contributed by atoms with Crippen molar-refractivity contribution in [3.63, 3.8) is 0 Å². The number of ether oxygens (including phenoxy) is 2. The van der Waals surface area contributed by atoms with Gasteiger partial charge in [0.15, 0.2) is 11.5 Å². The lowest BCUT2D eigenvalue weighted by Crippen LogP contribution is -2.34. The summed E-state index contributed by atoms with van der Waals surface area (Å²) < 4.78 is 11.9. The van der Waals surface area contributed by atoms with Crippen molar-refractivity contribution in [1.29, 1.82) is 0 Å². The van der Waals surface area contributed by atoms with Gasteiger partial charge in [0.05, 0.1) is 10.8 Å². The number of amides is 1. The summed E-state index contributed by atoms with van der Waals surface area (Å²) in [4.78, 5) is 36.8. The maximum absolute atomic E-state index is 12.4. The second-order valence-electron chi connectivity index (χ2n) is 5.78. The van der Waals surface area contributed by atoms with E-state index in [0.717, 1.165) is 4.68 Å². The molecular weight excluding hydrogens is 338 g/mol. The highest BCUT2D eigenvalue weighted by Crippen LogP contribution is 2.32. The van der Waals surface area contributed by atoms with Crippen LogP contribution in [0.15, 0.2) is 52.1 Å². The molecule has 3 aromatic rings.